The summed E-state index contributed by atoms with van der Waals surface area (Å²) in [4.78, 5) is 27.1. The van der Waals surface area contributed by atoms with Gasteiger partial charge in [0.2, 0.25) is 0 Å². The van der Waals surface area contributed by atoms with Crippen molar-refractivity contribution in [2.45, 2.75) is 6.04 Å². The fourth-order valence-corrected chi connectivity index (χ4v) is 2.73. The van der Waals surface area contributed by atoms with Gasteiger partial charge in [-0.3, -0.25) is 14.9 Å². The van der Waals surface area contributed by atoms with Gasteiger partial charge in [-0.25, -0.2) is 4.39 Å². The number of nitrogens with zero attached hydrogens (tertiary/aromatic N) is 2. The summed E-state index contributed by atoms with van der Waals surface area (Å²) in [5.74, 6) is -0.704. The summed E-state index contributed by atoms with van der Waals surface area (Å²) in [6, 6.07) is 7.00. The molecule has 0 radical (unpaired) electrons. The summed E-state index contributed by atoms with van der Waals surface area (Å²) in [7, 11) is 0. The molecular formula is C15H15FN4O3. The van der Waals surface area contributed by atoms with E-state index in [0.717, 1.165) is 0 Å². The zero-order chi connectivity index (χ0) is 16.4. The molecule has 0 bridgehead atoms. The monoisotopic (exact) mass is 318 g/mol. The minimum absolute atomic E-state index is 0.153. The normalized spacial score (nSPS) is 18.0. The van der Waals surface area contributed by atoms with Crippen LogP contribution in [-0.2, 0) is 0 Å². The van der Waals surface area contributed by atoms with E-state index in [1.165, 1.54) is 24.4 Å². The molecule has 1 aromatic carbocycles. The predicted molar refractivity (Wildman–Crippen MR) is 80.5 cm³/mol. The first-order chi connectivity index (χ1) is 11.1. The highest BCUT2D eigenvalue weighted by atomic mass is 19.1. The van der Waals surface area contributed by atoms with Gasteiger partial charge in [-0.1, -0.05) is 12.1 Å². The number of hydrogen-bond donors (Lipinski definition) is 2. The number of benzene rings is 1. The van der Waals surface area contributed by atoms with Gasteiger partial charge in [0.15, 0.2) is 0 Å². The highest BCUT2D eigenvalue weighted by Gasteiger charge is 2.30. The third-order valence-corrected chi connectivity index (χ3v) is 3.85. The Morgan fingerprint density at radius 2 is 2.22 bits per heavy atom. The van der Waals surface area contributed by atoms with Crippen molar-refractivity contribution >= 4 is 11.6 Å². The Morgan fingerprint density at radius 1 is 1.39 bits per heavy atom. The van der Waals surface area contributed by atoms with E-state index >= 15 is 0 Å². The molecule has 1 atom stereocenters. The fraction of sp³-hybridized carbons (Fsp3) is 0.267. The topological polar surface area (TPSA) is 91.3 Å². The van der Waals surface area contributed by atoms with Crippen molar-refractivity contribution < 1.29 is 14.1 Å². The lowest BCUT2D eigenvalue weighted by atomic mass is 10.0. The summed E-state index contributed by atoms with van der Waals surface area (Å²) >= 11 is 0. The minimum Gasteiger partial charge on any atom is -0.351 e. The van der Waals surface area contributed by atoms with Gasteiger partial charge in [-0.05, 0) is 17.7 Å². The maximum atomic E-state index is 13.5. The lowest BCUT2D eigenvalue weighted by Gasteiger charge is -2.36. The first kappa shape index (κ1) is 15.2. The van der Waals surface area contributed by atoms with Crippen molar-refractivity contribution in [2.24, 2.45) is 0 Å². The van der Waals surface area contributed by atoms with Crippen molar-refractivity contribution in [3.8, 4) is 0 Å². The molecule has 1 saturated heterocycles. The van der Waals surface area contributed by atoms with Gasteiger partial charge >= 0.3 is 0 Å². The van der Waals surface area contributed by atoms with Gasteiger partial charge in [-0.15, -0.1) is 0 Å². The molecule has 0 saturated carbocycles. The van der Waals surface area contributed by atoms with E-state index in [1.807, 2.05) is 0 Å². The number of carbonyl (C=O) groups excluding carboxylic acids is 1. The Bertz CT molecular complexity index is 746. The zero-order valence-corrected chi connectivity index (χ0v) is 12.2. The number of aromatic amines is 1. The number of nitro groups is 1. The van der Waals surface area contributed by atoms with Crippen LogP contribution >= 0.6 is 0 Å². The van der Waals surface area contributed by atoms with Gasteiger partial charge < -0.3 is 15.2 Å². The van der Waals surface area contributed by atoms with Crippen molar-refractivity contribution in [1.82, 2.24) is 15.2 Å². The zero-order valence-electron chi connectivity index (χ0n) is 12.2. The van der Waals surface area contributed by atoms with Crippen LogP contribution in [0.15, 0.2) is 36.5 Å². The third-order valence-electron chi connectivity index (χ3n) is 3.85. The van der Waals surface area contributed by atoms with Crippen molar-refractivity contribution in [1.29, 1.82) is 0 Å². The molecular weight excluding hydrogens is 303 g/mol. The van der Waals surface area contributed by atoms with Crippen LogP contribution in [0.4, 0.5) is 10.1 Å². The van der Waals surface area contributed by atoms with Crippen molar-refractivity contribution in [3.05, 3.63) is 63.7 Å². The number of piperazine rings is 1. The maximum absolute atomic E-state index is 13.5. The van der Waals surface area contributed by atoms with E-state index in [9.17, 15) is 19.3 Å². The van der Waals surface area contributed by atoms with E-state index in [0.29, 0.717) is 25.2 Å². The van der Waals surface area contributed by atoms with Crippen LogP contribution in [-0.4, -0.2) is 40.3 Å². The second kappa shape index (κ2) is 6.17. The SMILES string of the molecule is O=C(c1cc([N+](=O)[O-])c[nH]1)N1CCNCC1c1cccc(F)c1. The summed E-state index contributed by atoms with van der Waals surface area (Å²) in [5.41, 5.74) is 0.678. The molecule has 23 heavy (non-hydrogen) atoms. The predicted octanol–water partition coefficient (Wildman–Crippen LogP) is 1.85. The van der Waals surface area contributed by atoms with E-state index < -0.39 is 4.92 Å². The highest BCUT2D eigenvalue weighted by molar-refractivity contribution is 5.93. The minimum atomic E-state index is -0.560. The fourth-order valence-electron chi connectivity index (χ4n) is 2.73. The van der Waals surface area contributed by atoms with Gasteiger partial charge in [0.1, 0.15) is 11.5 Å². The molecule has 0 spiro atoms. The Balaban J connectivity index is 1.88. The molecule has 8 heteroatoms. The summed E-state index contributed by atoms with van der Waals surface area (Å²) in [5, 5.41) is 13.9. The summed E-state index contributed by atoms with van der Waals surface area (Å²) < 4.78 is 13.5. The van der Waals surface area contributed by atoms with Gasteiger partial charge in [0.05, 0.1) is 17.2 Å². The smallest absolute Gasteiger partial charge is 0.287 e. The van der Waals surface area contributed by atoms with E-state index in [1.54, 1.807) is 17.0 Å². The molecule has 120 valence electrons. The molecule has 1 aromatic heterocycles. The van der Waals surface area contributed by atoms with Crippen molar-refractivity contribution in [3.63, 3.8) is 0 Å². The Hall–Kier alpha value is -2.74. The lowest BCUT2D eigenvalue weighted by Crippen LogP contribution is -2.48. The van der Waals surface area contributed by atoms with Gasteiger partial charge in [0, 0.05) is 25.7 Å². The second-order valence-corrected chi connectivity index (χ2v) is 5.30. The largest absolute Gasteiger partial charge is 0.351 e. The van der Waals surface area contributed by atoms with Gasteiger partial charge in [-0.2, -0.15) is 0 Å². The molecule has 0 aliphatic carbocycles. The highest BCUT2D eigenvalue weighted by Crippen LogP contribution is 2.25. The number of amides is 1. The van der Waals surface area contributed by atoms with Crippen LogP contribution in [0, 0.1) is 15.9 Å². The molecule has 2 N–H and O–H groups in total. The first-order valence-corrected chi connectivity index (χ1v) is 7.16. The standard InChI is InChI=1S/C15H15FN4O3/c16-11-3-1-2-10(6-11)14-9-17-4-5-19(14)15(21)13-7-12(8-18-13)20(22)23/h1-3,6-8,14,17-18H,4-5,9H2. The number of rotatable bonds is 3. The van der Waals surface area contributed by atoms with Crippen LogP contribution in [0.5, 0.6) is 0 Å². The number of H-pyrrole nitrogens is 1. The van der Waals surface area contributed by atoms with Crippen LogP contribution in [0.25, 0.3) is 0 Å². The molecule has 1 aliphatic heterocycles. The lowest BCUT2D eigenvalue weighted by molar-refractivity contribution is -0.384. The maximum Gasteiger partial charge on any atom is 0.287 e. The molecule has 2 aromatic rings. The molecule has 3 rings (SSSR count). The van der Waals surface area contributed by atoms with E-state index in [4.69, 9.17) is 0 Å². The Labute approximate surface area is 131 Å². The summed E-state index contributed by atoms with van der Waals surface area (Å²) in [6.45, 7) is 1.55. The Kier molecular flexibility index (Phi) is 4.07. The third kappa shape index (κ3) is 3.07. The first-order valence-electron chi connectivity index (χ1n) is 7.16. The number of nitrogens with one attached hydrogen (secondary N) is 2. The second-order valence-electron chi connectivity index (χ2n) is 5.30. The van der Waals surface area contributed by atoms with Crippen LogP contribution < -0.4 is 5.32 Å². The van der Waals surface area contributed by atoms with Crippen LogP contribution in [0.2, 0.25) is 0 Å². The summed E-state index contributed by atoms with van der Waals surface area (Å²) in [6.07, 6.45) is 1.19. The molecule has 2 heterocycles. The quantitative estimate of drug-likeness (QED) is 0.667. The average molecular weight is 318 g/mol. The Morgan fingerprint density at radius 3 is 2.91 bits per heavy atom. The van der Waals surface area contributed by atoms with Gasteiger partial charge in [0.25, 0.3) is 11.6 Å². The number of halogens is 1. The molecule has 7 nitrogen and oxygen atoms in total. The number of hydrogen-bond acceptors (Lipinski definition) is 4. The van der Waals surface area contributed by atoms with Crippen LogP contribution in [0.1, 0.15) is 22.1 Å². The average Bonchev–Trinajstić information content (AvgIpc) is 3.04. The van der Waals surface area contributed by atoms with E-state index in [2.05, 4.69) is 10.3 Å². The van der Waals surface area contributed by atoms with Crippen LogP contribution in [0.3, 0.4) is 0 Å². The molecule has 1 fully saturated rings. The number of carbonyl (C=O) groups is 1. The molecule has 1 amide bonds. The number of aromatic nitrogens is 1. The van der Waals surface area contributed by atoms with E-state index in [-0.39, 0.29) is 29.1 Å². The molecule has 1 aliphatic rings. The molecule has 1 unspecified atom stereocenters. The van der Waals surface area contributed by atoms with Crippen molar-refractivity contribution in [2.75, 3.05) is 19.6 Å².